The number of nitrogens with one attached hydrogen (secondary N) is 3. The van der Waals surface area contributed by atoms with E-state index in [0.717, 1.165) is 36.2 Å². The lowest BCUT2D eigenvalue weighted by Crippen LogP contribution is -2.47. The third-order valence-electron chi connectivity index (χ3n) is 6.32. The summed E-state index contributed by atoms with van der Waals surface area (Å²) < 4.78 is 7.05. The molecule has 1 saturated heterocycles. The second kappa shape index (κ2) is 11.2. The highest BCUT2D eigenvalue weighted by Gasteiger charge is 2.26. The highest BCUT2D eigenvalue weighted by molar-refractivity contribution is 6.04. The number of H-pyrrole nitrogens is 1. The van der Waals surface area contributed by atoms with Crippen molar-refractivity contribution in [3.05, 3.63) is 84.4 Å². The van der Waals surface area contributed by atoms with Gasteiger partial charge in [0.15, 0.2) is 0 Å². The second-order valence-electron chi connectivity index (χ2n) is 8.94. The summed E-state index contributed by atoms with van der Waals surface area (Å²) in [5.74, 6) is -0.124. The molecular weight excluding hydrogens is 470 g/mol. The molecule has 1 aliphatic rings. The lowest BCUT2D eigenvalue weighted by Gasteiger charge is -2.24. The first-order valence-corrected chi connectivity index (χ1v) is 12.2. The lowest BCUT2D eigenvalue weighted by atomic mass is 10.1. The highest BCUT2D eigenvalue weighted by atomic mass is 16.5. The highest BCUT2D eigenvalue weighted by Crippen LogP contribution is 2.22. The molecule has 0 spiro atoms. The Hall–Kier alpha value is -4.28. The number of hydrazine groups is 1. The maximum atomic E-state index is 13.2. The van der Waals surface area contributed by atoms with E-state index in [4.69, 9.17) is 4.74 Å². The van der Waals surface area contributed by atoms with Gasteiger partial charge in [-0.15, -0.1) is 0 Å². The molecule has 1 fully saturated rings. The van der Waals surface area contributed by atoms with Gasteiger partial charge in [-0.2, -0.15) is 5.10 Å². The van der Waals surface area contributed by atoms with Gasteiger partial charge in [0.25, 0.3) is 5.91 Å². The SMILES string of the molecule is COC[C@H]1CCCN1NC(=O)Cc1cn(-c2ccccc2)c(NC(=O)c2cccc(-c3cn[nH]c3)c2)n1. The number of hydrogen-bond donors (Lipinski definition) is 3. The molecule has 0 bridgehead atoms. The van der Waals surface area contributed by atoms with Crippen molar-refractivity contribution in [1.29, 1.82) is 0 Å². The molecule has 5 rings (SSSR count). The number of carbonyl (C=O) groups is 2. The molecule has 10 nitrogen and oxygen atoms in total. The predicted octanol–water partition coefficient (Wildman–Crippen LogP) is 3.20. The largest absolute Gasteiger partial charge is 0.383 e. The summed E-state index contributed by atoms with van der Waals surface area (Å²) in [6.45, 7) is 1.36. The summed E-state index contributed by atoms with van der Waals surface area (Å²) in [6, 6.07) is 17.0. The van der Waals surface area contributed by atoms with Gasteiger partial charge >= 0.3 is 0 Å². The van der Waals surface area contributed by atoms with Gasteiger partial charge in [-0.1, -0.05) is 30.3 Å². The standard InChI is InChI=1S/C27H29N7O3/c1-37-18-24-11-6-12-34(24)32-25(35)14-22-17-33(23-9-3-2-4-10-23)27(30-22)31-26(36)20-8-5-7-19(13-20)21-15-28-29-16-21/h2-5,7-10,13,15-17,24H,6,11-12,14,18H2,1H3,(H,28,29)(H,32,35)(H,30,31,36)/t24-/m1/s1. The van der Waals surface area contributed by atoms with Crippen LogP contribution in [0, 0.1) is 0 Å². The van der Waals surface area contributed by atoms with Gasteiger partial charge in [-0.05, 0) is 42.7 Å². The molecule has 3 N–H and O–H groups in total. The van der Waals surface area contributed by atoms with Gasteiger partial charge in [-0.25, -0.2) is 9.99 Å². The molecular formula is C27H29N7O3. The fraction of sp³-hybridized carbons (Fsp3) is 0.259. The molecule has 190 valence electrons. The molecule has 1 aliphatic heterocycles. The number of hydrogen-bond acceptors (Lipinski definition) is 6. The van der Waals surface area contributed by atoms with E-state index in [-0.39, 0.29) is 24.3 Å². The first-order chi connectivity index (χ1) is 18.1. The van der Waals surface area contributed by atoms with Crippen molar-refractivity contribution in [1.82, 2.24) is 30.2 Å². The number of imidazole rings is 1. The number of para-hydroxylation sites is 1. The fourth-order valence-electron chi connectivity index (χ4n) is 4.52. The molecule has 0 saturated carbocycles. The Morgan fingerprint density at radius 2 is 2.00 bits per heavy atom. The van der Waals surface area contributed by atoms with E-state index in [1.54, 1.807) is 42.4 Å². The molecule has 2 aromatic carbocycles. The summed E-state index contributed by atoms with van der Waals surface area (Å²) in [5.41, 5.74) is 6.60. The van der Waals surface area contributed by atoms with E-state index in [0.29, 0.717) is 23.8 Å². The van der Waals surface area contributed by atoms with Crippen LogP contribution < -0.4 is 10.7 Å². The van der Waals surface area contributed by atoms with Crippen LogP contribution in [0.25, 0.3) is 16.8 Å². The molecule has 0 radical (unpaired) electrons. The first kappa shape index (κ1) is 24.4. The Bertz CT molecular complexity index is 1350. The van der Waals surface area contributed by atoms with Crippen molar-refractivity contribution >= 4 is 17.8 Å². The third-order valence-corrected chi connectivity index (χ3v) is 6.32. The minimum absolute atomic E-state index is 0.0783. The summed E-state index contributed by atoms with van der Waals surface area (Å²) >= 11 is 0. The molecule has 2 aromatic heterocycles. The van der Waals surface area contributed by atoms with Crippen molar-refractivity contribution in [2.45, 2.75) is 25.3 Å². The molecule has 0 aliphatic carbocycles. The van der Waals surface area contributed by atoms with Crippen molar-refractivity contribution < 1.29 is 14.3 Å². The Morgan fingerprint density at radius 3 is 2.78 bits per heavy atom. The van der Waals surface area contributed by atoms with E-state index < -0.39 is 0 Å². The van der Waals surface area contributed by atoms with E-state index in [1.165, 1.54) is 0 Å². The van der Waals surface area contributed by atoms with Crippen LogP contribution in [0.3, 0.4) is 0 Å². The summed E-state index contributed by atoms with van der Waals surface area (Å²) in [7, 11) is 1.66. The molecule has 3 heterocycles. The molecule has 37 heavy (non-hydrogen) atoms. The fourth-order valence-corrected chi connectivity index (χ4v) is 4.52. The van der Waals surface area contributed by atoms with E-state index in [2.05, 4.69) is 25.9 Å². The number of methoxy groups -OCH3 is 1. The number of aromatic nitrogens is 4. The molecule has 1 atom stereocenters. The predicted molar refractivity (Wildman–Crippen MR) is 139 cm³/mol. The average molecular weight is 500 g/mol. The van der Waals surface area contributed by atoms with Crippen molar-refractivity contribution in [3.63, 3.8) is 0 Å². The summed E-state index contributed by atoms with van der Waals surface area (Å²) in [6.07, 6.45) is 7.33. The summed E-state index contributed by atoms with van der Waals surface area (Å²) in [4.78, 5) is 30.6. The number of aromatic amines is 1. The number of anilines is 1. The van der Waals surface area contributed by atoms with Crippen LogP contribution in [0.2, 0.25) is 0 Å². The van der Waals surface area contributed by atoms with Crippen LogP contribution in [0.15, 0.2) is 73.2 Å². The third kappa shape index (κ3) is 5.76. The van der Waals surface area contributed by atoms with Gasteiger partial charge in [0, 0.05) is 42.9 Å². The number of benzene rings is 2. The van der Waals surface area contributed by atoms with Crippen LogP contribution >= 0.6 is 0 Å². The van der Waals surface area contributed by atoms with Gasteiger partial charge in [0.05, 0.1) is 31.0 Å². The van der Waals surface area contributed by atoms with Crippen LogP contribution in [0.1, 0.15) is 28.9 Å². The van der Waals surface area contributed by atoms with E-state index >= 15 is 0 Å². The number of nitrogens with zero attached hydrogens (tertiary/aromatic N) is 4. The second-order valence-corrected chi connectivity index (χ2v) is 8.94. The van der Waals surface area contributed by atoms with Crippen molar-refractivity contribution in [3.8, 4) is 16.8 Å². The smallest absolute Gasteiger partial charge is 0.258 e. The summed E-state index contributed by atoms with van der Waals surface area (Å²) in [5, 5.41) is 11.6. The number of ether oxygens (including phenoxy) is 1. The van der Waals surface area contributed by atoms with Crippen LogP contribution in [-0.2, 0) is 16.0 Å². The van der Waals surface area contributed by atoms with Gasteiger partial charge < -0.3 is 4.74 Å². The molecule has 0 unspecified atom stereocenters. The quantitative estimate of drug-likeness (QED) is 0.326. The topological polar surface area (TPSA) is 117 Å². The normalized spacial score (nSPS) is 15.5. The van der Waals surface area contributed by atoms with Gasteiger partial charge in [-0.3, -0.25) is 30.0 Å². The first-order valence-electron chi connectivity index (χ1n) is 12.2. The molecule has 10 heteroatoms. The van der Waals surface area contributed by atoms with Gasteiger partial charge in [0.1, 0.15) is 0 Å². The average Bonchev–Trinajstić information content (AvgIpc) is 3.67. The number of amides is 2. The Balaban J connectivity index is 1.35. The van der Waals surface area contributed by atoms with Crippen molar-refractivity contribution in [2.24, 2.45) is 0 Å². The van der Waals surface area contributed by atoms with Crippen molar-refractivity contribution in [2.75, 3.05) is 25.6 Å². The maximum absolute atomic E-state index is 13.2. The zero-order valence-electron chi connectivity index (χ0n) is 20.6. The van der Waals surface area contributed by atoms with Crippen LogP contribution in [0.4, 0.5) is 5.95 Å². The van der Waals surface area contributed by atoms with E-state index in [1.807, 2.05) is 47.5 Å². The minimum atomic E-state index is -0.302. The minimum Gasteiger partial charge on any atom is -0.383 e. The Labute approximate surface area is 214 Å². The maximum Gasteiger partial charge on any atom is 0.258 e. The number of rotatable bonds is 9. The lowest BCUT2D eigenvalue weighted by molar-refractivity contribution is -0.126. The van der Waals surface area contributed by atoms with Gasteiger partial charge in [0.2, 0.25) is 11.9 Å². The molecule has 4 aromatic rings. The molecule has 2 amide bonds. The van der Waals surface area contributed by atoms with Crippen LogP contribution in [-0.4, -0.2) is 62.9 Å². The van der Waals surface area contributed by atoms with E-state index in [9.17, 15) is 9.59 Å². The Kier molecular flexibility index (Phi) is 7.38. The van der Waals surface area contributed by atoms with Crippen LogP contribution in [0.5, 0.6) is 0 Å². The number of carbonyl (C=O) groups excluding carboxylic acids is 2. The Morgan fingerprint density at radius 1 is 1.14 bits per heavy atom. The monoisotopic (exact) mass is 499 g/mol. The zero-order chi connectivity index (χ0) is 25.6. The zero-order valence-corrected chi connectivity index (χ0v) is 20.6.